The maximum Gasteiger partial charge on any atom is 0.310 e. The van der Waals surface area contributed by atoms with Crippen LogP contribution >= 0.6 is 15.9 Å². The van der Waals surface area contributed by atoms with Gasteiger partial charge in [0.05, 0.1) is 5.92 Å². The number of carbonyl (C=O) groups is 1. The molecule has 0 radical (unpaired) electrons. The van der Waals surface area contributed by atoms with E-state index >= 15 is 0 Å². The highest BCUT2D eigenvalue weighted by Gasteiger charge is 2.28. The Morgan fingerprint density at radius 3 is 2.71 bits per heavy atom. The van der Waals surface area contributed by atoms with E-state index in [-0.39, 0.29) is 11.8 Å². The Bertz CT molecular complexity index is 489. The number of halogens is 1. The van der Waals surface area contributed by atoms with Gasteiger partial charge in [-0.3, -0.25) is 4.79 Å². The molecule has 1 N–H and O–H groups in total. The summed E-state index contributed by atoms with van der Waals surface area (Å²) in [6, 6.07) is 6.10. The Hall–Kier alpha value is -1.09. The number of fused-ring (bicyclic) bond motifs is 1. The van der Waals surface area contributed by atoms with E-state index in [2.05, 4.69) is 22.0 Å². The lowest BCUT2D eigenvalue weighted by atomic mass is 9.87. The summed E-state index contributed by atoms with van der Waals surface area (Å²) in [4.78, 5) is 11.3. The third-order valence-electron chi connectivity index (χ3n) is 3.18. The van der Waals surface area contributed by atoms with Crippen LogP contribution in [0.15, 0.2) is 28.2 Å². The molecule has 0 amide bonds. The van der Waals surface area contributed by atoms with Gasteiger partial charge in [-0.25, -0.2) is 0 Å². The third kappa shape index (κ3) is 2.44. The van der Waals surface area contributed by atoms with Crippen LogP contribution in [-0.4, -0.2) is 11.1 Å². The van der Waals surface area contributed by atoms with Crippen molar-refractivity contribution in [2.75, 3.05) is 0 Å². The van der Waals surface area contributed by atoms with Gasteiger partial charge in [-0.15, -0.1) is 0 Å². The second-order valence-electron chi connectivity index (χ2n) is 4.80. The SMILES string of the molecule is CC(C)C(C(=O)O)C1=Cc2cc(Br)ccc2C1. The minimum absolute atomic E-state index is 0.122. The van der Waals surface area contributed by atoms with E-state index in [1.807, 2.05) is 32.1 Å². The first-order valence-electron chi connectivity index (χ1n) is 5.70. The summed E-state index contributed by atoms with van der Waals surface area (Å²) < 4.78 is 1.03. The molecule has 0 bridgehead atoms. The van der Waals surface area contributed by atoms with Crippen LogP contribution in [0.3, 0.4) is 0 Å². The molecule has 0 spiro atoms. The number of rotatable bonds is 3. The molecule has 1 aromatic rings. The van der Waals surface area contributed by atoms with Gasteiger partial charge in [0, 0.05) is 4.47 Å². The predicted molar refractivity (Wildman–Crippen MR) is 71.8 cm³/mol. The van der Waals surface area contributed by atoms with Crippen molar-refractivity contribution in [2.24, 2.45) is 11.8 Å². The normalized spacial score (nSPS) is 15.6. The van der Waals surface area contributed by atoms with Gasteiger partial charge in [0.15, 0.2) is 0 Å². The molecule has 17 heavy (non-hydrogen) atoms. The molecule has 90 valence electrons. The Balaban J connectivity index is 2.33. The van der Waals surface area contributed by atoms with Crippen molar-refractivity contribution in [2.45, 2.75) is 20.3 Å². The lowest BCUT2D eigenvalue weighted by Crippen LogP contribution is -2.22. The monoisotopic (exact) mass is 294 g/mol. The fourth-order valence-electron chi connectivity index (χ4n) is 2.40. The van der Waals surface area contributed by atoms with Crippen LogP contribution in [0.2, 0.25) is 0 Å². The second-order valence-corrected chi connectivity index (χ2v) is 5.71. The van der Waals surface area contributed by atoms with Crippen molar-refractivity contribution in [1.29, 1.82) is 0 Å². The van der Waals surface area contributed by atoms with Crippen LogP contribution < -0.4 is 0 Å². The largest absolute Gasteiger partial charge is 0.481 e. The number of carboxylic acid groups (broad SMARTS) is 1. The van der Waals surface area contributed by atoms with E-state index in [9.17, 15) is 9.90 Å². The van der Waals surface area contributed by atoms with Crippen molar-refractivity contribution in [3.05, 3.63) is 39.4 Å². The second kappa shape index (κ2) is 4.65. The molecule has 1 unspecified atom stereocenters. The maximum absolute atomic E-state index is 11.3. The van der Waals surface area contributed by atoms with Crippen LogP contribution in [0, 0.1) is 11.8 Å². The topological polar surface area (TPSA) is 37.3 Å². The Labute approximate surface area is 109 Å². The summed E-state index contributed by atoms with van der Waals surface area (Å²) in [5.41, 5.74) is 3.37. The minimum Gasteiger partial charge on any atom is -0.481 e. The summed E-state index contributed by atoms with van der Waals surface area (Å²) in [7, 11) is 0. The van der Waals surface area contributed by atoms with E-state index in [4.69, 9.17) is 0 Å². The predicted octanol–water partition coefficient (Wildman–Crippen LogP) is 3.75. The molecule has 2 rings (SSSR count). The number of hydrogen-bond donors (Lipinski definition) is 1. The van der Waals surface area contributed by atoms with E-state index in [0.717, 1.165) is 22.0 Å². The van der Waals surface area contributed by atoms with Gasteiger partial charge in [0.25, 0.3) is 0 Å². The van der Waals surface area contributed by atoms with Crippen molar-refractivity contribution < 1.29 is 9.90 Å². The van der Waals surface area contributed by atoms with Crippen LogP contribution in [-0.2, 0) is 11.2 Å². The summed E-state index contributed by atoms with van der Waals surface area (Å²) in [5.74, 6) is -0.976. The zero-order chi connectivity index (χ0) is 12.6. The number of benzene rings is 1. The molecule has 0 aliphatic heterocycles. The standard InChI is InChI=1S/C14H15BrO2/c1-8(2)13(14(16)17)11-5-9-3-4-12(15)7-10(9)6-11/h3-4,6-8,13H,5H2,1-2H3,(H,16,17). The fourth-order valence-corrected chi connectivity index (χ4v) is 2.78. The molecule has 3 heteroatoms. The van der Waals surface area contributed by atoms with Gasteiger partial charge in [-0.2, -0.15) is 0 Å². The molecule has 0 saturated carbocycles. The van der Waals surface area contributed by atoms with Crippen molar-refractivity contribution >= 4 is 28.0 Å². The zero-order valence-electron chi connectivity index (χ0n) is 9.90. The van der Waals surface area contributed by atoms with Crippen molar-refractivity contribution in [3.8, 4) is 0 Å². The Morgan fingerprint density at radius 2 is 2.12 bits per heavy atom. The first-order valence-corrected chi connectivity index (χ1v) is 6.50. The highest BCUT2D eigenvalue weighted by Crippen LogP contribution is 2.34. The molecule has 0 heterocycles. The van der Waals surface area contributed by atoms with E-state index in [1.54, 1.807) is 0 Å². The minimum atomic E-state index is -0.724. The summed E-state index contributed by atoms with van der Waals surface area (Å²) >= 11 is 3.43. The maximum atomic E-state index is 11.3. The van der Waals surface area contributed by atoms with Crippen molar-refractivity contribution in [1.82, 2.24) is 0 Å². The highest BCUT2D eigenvalue weighted by atomic mass is 79.9. The number of carboxylic acids is 1. The van der Waals surface area contributed by atoms with Gasteiger partial charge in [-0.05, 0) is 35.6 Å². The highest BCUT2D eigenvalue weighted by molar-refractivity contribution is 9.10. The van der Waals surface area contributed by atoms with Crippen LogP contribution in [0.5, 0.6) is 0 Å². The van der Waals surface area contributed by atoms with Crippen LogP contribution in [0.1, 0.15) is 25.0 Å². The van der Waals surface area contributed by atoms with Gasteiger partial charge in [0.2, 0.25) is 0 Å². The van der Waals surface area contributed by atoms with Crippen LogP contribution in [0.25, 0.3) is 6.08 Å². The average molecular weight is 295 g/mol. The van der Waals surface area contributed by atoms with Gasteiger partial charge in [-0.1, -0.05) is 47.5 Å². The number of aliphatic carboxylic acids is 1. The lowest BCUT2D eigenvalue weighted by Gasteiger charge is -2.17. The average Bonchev–Trinajstić information content (AvgIpc) is 2.58. The molecule has 2 nitrogen and oxygen atoms in total. The quantitative estimate of drug-likeness (QED) is 0.922. The summed E-state index contributed by atoms with van der Waals surface area (Å²) in [6.07, 6.45) is 2.79. The third-order valence-corrected chi connectivity index (χ3v) is 3.67. The Morgan fingerprint density at radius 1 is 1.41 bits per heavy atom. The molecular weight excluding hydrogens is 280 g/mol. The van der Waals surface area contributed by atoms with E-state index in [1.165, 1.54) is 5.56 Å². The van der Waals surface area contributed by atoms with E-state index < -0.39 is 5.97 Å². The first-order chi connectivity index (χ1) is 7.99. The molecule has 1 aliphatic rings. The van der Waals surface area contributed by atoms with E-state index in [0.29, 0.717) is 0 Å². The lowest BCUT2D eigenvalue weighted by molar-refractivity contribution is -0.141. The number of hydrogen-bond acceptors (Lipinski definition) is 1. The van der Waals surface area contributed by atoms with Gasteiger partial charge < -0.3 is 5.11 Å². The first kappa shape index (κ1) is 12.4. The van der Waals surface area contributed by atoms with Gasteiger partial charge in [0.1, 0.15) is 0 Å². The Kier molecular flexibility index (Phi) is 3.38. The molecule has 0 saturated heterocycles. The van der Waals surface area contributed by atoms with Crippen LogP contribution in [0.4, 0.5) is 0 Å². The molecule has 1 atom stereocenters. The molecule has 0 aromatic heterocycles. The smallest absolute Gasteiger partial charge is 0.310 e. The van der Waals surface area contributed by atoms with Gasteiger partial charge >= 0.3 is 5.97 Å². The molecule has 0 fully saturated rings. The molecular formula is C14H15BrO2. The summed E-state index contributed by atoms with van der Waals surface area (Å²) in [5, 5.41) is 9.29. The summed E-state index contributed by atoms with van der Waals surface area (Å²) in [6.45, 7) is 3.91. The molecule has 1 aliphatic carbocycles. The fraction of sp³-hybridized carbons (Fsp3) is 0.357. The van der Waals surface area contributed by atoms with Crippen molar-refractivity contribution in [3.63, 3.8) is 0 Å². The zero-order valence-corrected chi connectivity index (χ0v) is 11.5. The molecule has 1 aromatic carbocycles.